The second-order valence-electron chi connectivity index (χ2n) is 5.01. The van der Waals surface area contributed by atoms with Gasteiger partial charge in [-0.25, -0.2) is 4.98 Å². The Labute approximate surface area is 123 Å². The number of hydrogen-bond donors (Lipinski definition) is 1. The summed E-state index contributed by atoms with van der Waals surface area (Å²) in [6, 6.07) is 15.9. The van der Waals surface area contributed by atoms with Crippen LogP contribution in [0.4, 0.5) is 0 Å². The van der Waals surface area contributed by atoms with E-state index in [0.29, 0.717) is 12.2 Å². The van der Waals surface area contributed by atoms with Crippen LogP contribution in [0.3, 0.4) is 0 Å². The molecule has 0 unspecified atom stereocenters. The van der Waals surface area contributed by atoms with Crippen LogP contribution in [0.2, 0.25) is 0 Å². The Morgan fingerprint density at radius 2 is 1.95 bits per heavy atom. The van der Waals surface area contributed by atoms with Crippen molar-refractivity contribution < 1.29 is 4.79 Å². The average Bonchev–Trinajstić information content (AvgIpc) is 2.94. The van der Waals surface area contributed by atoms with Gasteiger partial charge in [0, 0.05) is 18.4 Å². The highest BCUT2D eigenvalue weighted by molar-refractivity contribution is 5.92. The van der Waals surface area contributed by atoms with E-state index in [1.54, 1.807) is 6.20 Å². The van der Waals surface area contributed by atoms with Crippen molar-refractivity contribution in [3.05, 3.63) is 71.7 Å². The molecule has 2 aromatic heterocycles. The van der Waals surface area contributed by atoms with E-state index in [4.69, 9.17) is 0 Å². The van der Waals surface area contributed by atoms with Gasteiger partial charge in [-0.1, -0.05) is 36.4 Å². The molecule has 0 radical (unpaired) electrons. The Hall–Kier alpha value is -2.62. The number of nitrogens with zero attached hydrogens (tertiary/aromatic N) is 2. The standard InChI is InChI=1S/C17H17N3O/c1-13-6-5-9-16-19-15(12-20(13)16)17(21)18-11-10-14-7-3-2-4-8-14/h2-9,12H,10-11H2,1H3,(H,18,21). The minimum Gasteiger partial charge on any atom is -0.350 e. The number of benzene rings is 1. The maximum atomic E-state index is 12.1. The molecule has 3 aromatic rings. The minimum atomic E-state index is -0.131. The van der Waals surface area contributed by atoms with Crippen LogP contribution in [-0.4, -0.2) is 21.8 Å². The molecule has 0 saturated carbocycles. The first kappa shape index (κ1) is 13.4. The fraction of sp³-hybridized carbons (Fsp3) is 0.176. The lowest BCUT2D eigenvalue weighted by Crippen LogP contribution is -2.25. The van der Waals surface area contributed by atoms with Crippen LogP contribution in [0, 0.1) is 6.92 Å². The number of carbonyl (C=O) groups excluding carboxylic acids is 1. The van der Waals surface area contributed by atoms with Gasteiger partial charge in [-0.3, -0.25) is 4.79 Å². The van der Waals surface area contributed by atoms with Gasteiger partial charge in [-0.15, -0.1) is 0 Å². The molecule has 1 amide bonds. The Morgan fingerprint density at radius 3 is 2.71 bits per heavy atom. The number of amides is 1. The summed E-state index contributed by atoms with van der Waals surface area (Å²) in [5.74, 6) is -0.131. The Morgan fingerprint density at radius 1 is 1.14 bits per heavy atom. The molecule has 0 fully saturated rings. The summed E-state index contributed by atoms with van der Waals surface area (Å²) in [5.41, 5.74) is 3.52. The topological polar surface area (TPSA) is 46.4 Å². The van der Waals surface area contributed by atoms with E-state index < -0.39 is 0 Å². The van der Waals surface area contributed by atoms with E-state index in [2.05, 4.69) is 22.4 Å². The summed E-state index contributed by atoms with van der Waals surface area (Å²) < 4.78 is 1.92. The summed E-state index contributed by atoms with van der Waals surface area (Å²) in [5, 5.41) is 2.91. The van der Waals surface area contributed by atoms with E-state index in [1.165, 1.54) is 5.56 Å². The maximum absolute atomic E-state index is 12.1. The smallest absolute Gasteiger partial charge is 0.271 e. The Bertz CT molecular complexity index is 762. The molecule has 1 N–H and O–H groups in total. The van der Waals surface area contributed by atoms with Gasteiger partial charge < -0.3 is 9.72 Å². The van der Waals surface area contributed by atoms with Crippen LogP contribution in [0.15, 0.2) is 54.7 Å². The first-order valence-electron chi connectivity index (χ1n) is 7.01. The molecule has 0 atom stereocenters. The third-order valence-electron chi connectivity index (χ3n) is 3.47. The summed E-state index contributed by atoms with van der Waals surface area (Å²) in [7, 11) is 0. The molecule has 4 heteroatoms. The van der Waals surface area contributed by atoms with Crippen LogP contribution in [-0.2, 0) is 6.42 Å². The summed E-state index contributed by atoms with van der Waals surface area (Å²) in [6.45, 7) is 2.60. The van der Waals surface area contributed by atoms with Crippen LogP contribution in [0.25, 0.3) is 5.65 Å². The zero-order valence-corrected chi connectivity index (χ0v) is 11.9. The third kappa shape index (κ3) is 2.94. The van der Waals surface area contributed by atoms with Gasteiger partial charge in [0.1, 0.15) is 11.3 Å². The predicted molar refractivity (Wildman–Crippen MR) is 82.4 cm³/mol. The van der Waals surface area contributed by atoms with Gasteiger partial charge in [0.25, 0.3) is 5.91 Å². The zero-order valence-electron chi connectivity index (χ0n) is 11.9. The molecular weight excluding hydrogens is 262 g/mol. The minimum absolute atomic E-state index is 0.131. The SMILES string of the molecule is Cc1cccc2nc(C(=O)NCCc3ccccc3)cn12. The van der Waals surface area contributed by atoms with Gasteiger partial charge in [0.05, 0.1) is 0 Å². The van der Waals surface area contributed by atoms with Crippen LogP contribution >= 0.6 is 0 Å². The Balaban J connectivity index is 1.65. The van der Waals surface area contributed by atoms with Gasteiger partial charge in [0.15, 0.2) is 0 Å². The van der Waals surface area contributed by atoms with Crippen molar-refractivity contribution >= 4 is 11.6 Å². The largest absolute Gasteiger partial charge is 0.350 e. The number of rotatable bonds is 4. The molecule has 0 aliphatic heterocycles. The van der Waals surface area contributed by atoms with Gasteiger partial charge in [0.2, 0.25) is 0 Å². The van der Waals surface area contributed by atoms with Crippen molar-refractivity contribution in [3.8, 4) is 0 Å². The van der Waals surface area contributed by atoms with Crippen molar-refractivity contribution in [1.82, 2.24) is 14.7 Å². The lowest BCUT2D eigenvalue weighted by molar-refractivity contribution is 0.0950. The van der Waals surface area contributed by atoms with Gasteiger partial charge in [-0.05, 0) is 31.0 Å². The summed E-state index contributed by atoms with van der Waals surface area (Å²) in [4.78, 5) is 16.5. The number of imidazole rings is 1. The van der Waals surface area contributed by atoms with Crippen LogP contribution < -0.4 is 5.32 Å². The van der Waals surface area contributed by atoms with E-state index in [0.717, 1.165) is 17.8 Å². The molecule has 0 aliphatic carbocycles. The lowest BCUT2D eigenvalue weighted by Gasteiger charge is -2.03. The highest BCUT2D eigenvalue weighted by Crippen LogP contribution is 2.08. The fourth-order valence-corrected chi connectivity index (χ4v) is 2.31. The van der Waals surface area contributed by atoms with E-state index in [9.17, 15) is 4.79 Å². The normalized spacial score (nSPS) is 10.7. The number of aryl methyl sites for hydroxylation is 1. The summed E-state index contributed by atoms with van der Waals surface area (Å²) in [6.07, 6.45) is 2.60. The Kier molecular flexibility index (Phi) is 3.69. The second kappa shape index (κ2) is 5.79. The van der Waals surface area contributed by atoms with Crippen molar-refractivity contribution in [1.29, 1.82) is 0 Å². The van der Waals surface area contributed by atoms with Crippen molar-refractivity contribution in [3.63, 3.8) is 0 Å². The van der Waals surface area contributed by atoms with E-state index in [1.807, 2.05) is 47.7 Å². The van der Waals surface area contributed by atoms with Gasteiger partial charge in [-0.2, -0.15) is 0 Å². The van der Waals surface area contributed by atoms with Crippen molar-refractivity contribution in [2.45, 2.75) is 13.3 Å². The summed E-state index contributed by atoms with van der Waals surface area (Å²) >= 11 is 0. The zero-order chi connectivity index (χ0) is 14.7. The molecule has 4 nitrogen and oxygen atoms in total. The number of carbonyl (C=O) groups is 1. The molecule has 106 valence electrons. The molecule has 0 spiro atoms. The molecular formula is C17H17N3O. The number of hydrogen-bond acceptors (Lipinski definition) is 2. The molecule has 21 heavy (non-hydrogen) atoms. The van der Waals surface area contributed by atoms with E-state index >= 15 is 0 Å². The van der Waals surface area contributed by atoms with Crippen LogP contribution in [0.5, 0.6) is 0 Å². The molecule has 0 aliphatic rings. The van der Waals surface area contributed by atoms with Crippen molar-refractivity contribution in [2.75, 3.05) is 6.54 Å². The number of aromatic nitrogens is 2. The third-order valence-corrected chi connectivity index (χ3v) is 3.47. The predicted octanol–water partition coefficient (Wildman–Crippen LogP) is 2.62. The highest BCUT2D eigenvalue weighted by atomic mass is 16.1. The molecule has 0 bridgehead atoms. The monoisotopic (exact) mass is 279 g/mol. The first-order chi connectivity index (χ1) is 10.2. The number of pyridine rings is 1. The maximum Gasteiger partial charge on any atom is 0.271 e. The molecule has 1 aromatic carbocycles. The highest BCUT2D eigenvalue weighted by Gasteiger charge is 2.10. The van der Waals surface area contributed by atoms with Crippen molar-refractivity contribution in [2.24, 2.45) is 0 Å². The average molecular weight is 279 g/mol. The fourth-order valence-electron chi connectivity index (χ4n) is 2.31. The van der Waals surface area contributed by atoms with Crippen LogP contribution in [0.1, 0.15) is 21.7 Å². The number of fused-ring (bicyclic) bond motifs is 1. The first-order valence-corrected chi connectivity index (χ1v) is 7.01. The van der Waals surface area contributed by atoms with Gasteiger partial charge >= 0.3 is 0 Å². The molecule has 3 rings (SSSR count). The number of nitrogens with one attached hydrogen (secondary N) is 1. The quantitative estimate of drug-likeness (QED) is 0.798. The lowest BCUT2D eigenvalue weighted by atomic mass is 10.1. The molecule has 2 heterocycles. The second-order valence-corrected chi connectivity index (χ2v) is 5.01. The molecule has 0 saturated heterocycles. The van der Waals surface area contributed by atoms with E-state index in [-0.39, 0.29) is 5.91 Å².